The number of benzene rings is 2. The largest absolute Gasteiger partial charge is 0.493 e. The molecule has 10 nitrogen and oxygen atoms in total. The Kier molecular flexibility index (Phi) is 6.88. The average Bonchev–Trinajstić information content (AvgIpc) is 2.68. The zero-order valence-electron chi connectivity index (χ0n) is 14.8. The van der Waals surface area contributed by atoms with Gasteiger partial charge in [0.2, 0.25) is 0 Å². The summed E-state index contributed by atoms with van der Waals surface area (Å²) in [4.78, 5) is 33.8. The Labute approximate surface area is 164 Å². The molecule has 0 saturated heterocycles. The van der Waals surface area contributed by atoms with E-state index in [0.29, 0.717) is 17.1 Å². The number of nitrogens with one attached hydrogen (secondary N) is 2. The quantitative estimate of drug-likeness (QED) is 0.327. The number of methoxy groups -OCH3 is 2. The van der Waals surface area contributed by atoms with E-state index in [1.807, 2.05) is 0 Å². The van der Waals surface area contributed by atoms with Crippen LogP contribution in [0.25, 0.3) is 0 Å². The van der Waals surface area contributed by atoms with Crippen molar-refractivity contribution in [1.82, 2.24) is 5.43 Å². The number of halogens is 1. The van der Waals surface area contributed by atoms with Gasteiger partial charge in [0.25, 0.3) is 5.69 Å². The number of hydrogen-bond acceptors (Lipinski definition) is 7. The highest BCUT2D eigenvalue weighted by Gasteiger charge is 2.17. The van der Waals surface area contributed by atoms with Crippen molar-refractivity contribution >= 4 is 41.0 Å². The molecule has 0 aromatic heterocycles. The van der Waals surface area contributed by atoms with Gasteiger partial charge >= 0.3 is 11.8 Å². The molecule has 0 heterocycles. The van der Waals surface area contributed by atoms with Crippen LogP contribution in [0.15, 0.2) is 41.5 Å². The van der Waals surface area contributed by atoms with Gasteiger partial charge in [-0.25, -0.2) is 5.43 Å². The summed E-state index contributed by atoms with van der Waals surface area (Å²) < 4.78 is 10.3. The number of nitro groups is 1. The van der Waals surface area contributed by atoms with Crippen LogP contribution in [-0.4, -0.2) is 37.2 Å². The minimum atomic E-state index is -1.06. The maximum Gasteiger partial charge on any atom is 0.329 e. The lowest BCUT2D eigenvalue weighted by atomic mass is 10.2. The molecule has 0 fully saturated rings. The van der Waals surface area contributed by atoms with E-state index in [4.69, 9.17) is 21.1 Å². The zero-order valence-corrected chi connectivity index (χ0v) is 15.5. The zero-order chi connectivity index (χ0) is 20.7. The third-order valence-corrected chi connectivity index (χ3v) is 3.71. The highest BCUT2D eigenvalue weighted by atomic mass is 35.5. The Morgan fingerprint density at radius 1 is 1.11 bits per heavy atom. The van der Waals surface area contributed by atoms with Gasteiger partial charge in [-0.3, -0.25) is 19.7 Å². The molecule has 0 bridgehead atoms. The molecular formula is C17H15ClN4O6. The average molecular weight is 407 g/mol. The molecule has 0 unspecified atom stereocenters. The van der Waals surface area contributed by atoms with Gasteiger partial charge in [0, 0.05) is 11.8 Å². The van der Waals surface area contributed by atoms with Crippen molar-refractivity contribution in [2.24, 2.45) is 5.10 Å². The number of amides is 2. The second kappa shape index (κ2) is 9.33. The highest BCUT2D eigenvalue weighted by molar-refractivity contribution is 6.39. The van der Waals surface area contributed by atoms with Gasteiger partial charge in [0.05, 0.1) is 25.4 Å². The van der Waals surface area contributed by atoms with Crippen LogP contribution < -0.4 is 20.2 Å². The molecular weight excluding hydrogens is 392 g/mol. The fourth-order valence-electron chi connectivity index (χ4n) is 2.07. The highest BCUT2D eigenvalue weighted by Crippen LogP contribution is 2.28. The third-order valence-electron chi connectivity index (χ3n) is 3.39. The van der Waals surface area contributed by atoms with Crippen LogP contribution in [0.1, 0.15) is 5.56 Å². The number of carbonyl (C=O) groups excluding carboxylic acids is 2. The van der Waals surface area contributed by atoms with Crippen LogP contribution in [0.3, 0.4) is 0 Å². The summed E-state index contributed by atoms with van der Waals surface area (Å²) in [6, 6.07) is 8.56. The van der Waals surface area contributed by atoms with Gasteiger partial charge < -0.3 is 14.8 Å². The normalized spacial score (nSPS) is 10.4. The molecule has 28 heavy (non-hydrogen) atoms. The summed E-state index contributed by atoms with van der Waals surface area (Å²) in [5.74, 6) is -1.12. The monoisotopic (exact) mass is 406 g/mol. The van der Waals surface area contributed by atoms with E-state index in [1.165, 1.54) is 32.6 Å². The number of rotatable bonds is 6. The minimum Gasteiger partial charge on any atom is -0.493 e. The van der Waals surface area contributed by atoms with Gasteiger partial charge in [-0.2, -0.15) is 5.10 Å². The molecule has 2 N–H and O–H groups in total. The number of nitrogens with zero attached hydrogens (tertiary/aromatic N) is 2. The topological polar surface area (TPSA) is 132 Å². The van der Waals surface area contributed by atoms with Crippen molar-refractivity contribution in [2.45, 2.75) is 0 Å². The van der Waals surface area contributed by atoms with Crippen molar-refractivity contribution in [3.63, 3.8) is 0 Å². The molecule has 2 aromatic carbocycles. The Morgan fingerprint density at radius 2 is 1.82 bits per heavy atom. The van der Waals surface area contributed by atoms with Crippen LogP contribution in [0, 0.1) is 10.1 Å². The first-order chi connectivity index (χ1) is 13.3. The molecule has 0 atom stereocenters. The van der Waals surface area contributed by atoms with Crippen LogP contribution in [0.2, 0.25) is 5.02 Å². The maximum absolute atomic E-state index is 11.9. The third kappa shape index (κ3) is 5.17. The molecule has 146 valence electrons. The number of nitro benzene ring substituents is 1. The second-order valence-corrected chi connectivity index (χ2v) is 5.60. The lowest BCUT2D eigenvalue weighted by Gasteiger charge is -2.07. The van der Waals surface area contributed by atoms with E-state index < -0.39 is 22.4 Å². The van der Waals surface area contributed by atoms with Gasteiger partial charge in [-0.15, -0.1) is 0 Å². The lowest BCUT2D eigenvalue weighted by Crippen LogP contribution is -2.32. The number of hydrazone groups is 1. The SMILES string of the molecule is COc1ccc(C=NNC(=O)C(=O)Nc2ccc(Cl)c([N+](=O)[O-])c2)cc1OC. The summed E-state index contributed by atoms with van der Waals surface area (Å²) in [6.07, 6.45) is 1.31. The first-order valence-electron chi connectivity index (χ1n) is 7.66. The number of hydrogen-bond donors (Lipinski definition) is 2. The minimum absolute atomic E-state index is 0.0418. The van der Waals surface area contributed by atoms with E-state index in [-0.39, 0.29) is 10.7 Å². The molecule has 0 aliphatic rings. The van der Waals surface area contributed by atoms with Crippen molar-refractivity contribution < 1.29 is 24.0 Å². The molecule has 2 aromatic rings. The fourth-order valence-corrected chi connectivity index (χ4v) is 2.25. The lowest BCUT2D eigenvalue weighted by molar-refractivity contribution is -0.384. The number of carbonyl (C=O) groups is 2. The standard InChI is InChI=1S/C17H15ClN4O6/c1-27-14-6-3-10(7-15(14)28-2)9-19-21-17(24)16(23)20-11-4-5-12(18)13(8-11)22(25)26/h3-9H,1-2H3,(H,20,23)(H,21,24). The van der Waals surface area contributed by atoms with E-state index >= 15 is 0 Å². The Hall–Kier alpha value is -3.66. The van der Waals surface area contributed by atoms with E-state index in [0.717, 1.165) is 6.07 Å². The van der Waals surface area contributed by atoms with Crippen LogP contribution in [0.5, 0.6) is 11.5 Å². The van der Waals surface area contributed by atoms with E-state index in [9.17, 15) is 19.7 Å². The molecule has 0 radical (unpaired) electrons. The summed E-state index contributed by atoms with van der Waals surface area (Å²) in [6.45, 7) is 0. The number of ether oxygens (including phenoxy) is 2. The van der Waals surface area contributed by atoms with Crippen molar-refractivity contribution in [2.75, 3.05) is 19.5 Å². The molecule has 11 heteroatoms. The Bertz CT molecular complexity index is 947. The van der Waals surface area contributed by atoms with Gasteiger partial charge in [0.1, 0.15) is 5.02 Å². The number of anilines is 1. The second-order valence-electron chi connectivity index (χ2n) is 5.19. The maximum atomic E-state index is 11.9. The Balaban J connectivity index is 1.99. The first kappa shape index (κ1) is 20.6. The smallest absolute Gasteiger partial charge is 0.329 e. The molecule has 0 spiro atoms. The van der Waals surface area contributed by atoms with Gasteiger partial charge in [-0.05, 0) is 35.9 Å². The van der Waals surface area contributed by atoms with Crippen LogP contribution >= 0.6 is 11.6 Å². The summed E-state index contributed by atoms with van der Waals surface area (Å²) >= 11 is 5.69. The van der Waals surface area contributed by atoms with Crippen molar-refractivity contribution in [3.05, 3.63) is 57.1 Å². The van der Waals surface area contributed by atoms with Crippen LogP contribution in [-0.2, 0) is 9.59 Å². The molecule has 2 rings (SSSR count). The van der Waals surface area contributed by atoms with Crippen molar-refractivity contribution in [1.29, 1.82) is 0 Å². The fraction of sp³-hybridized carbons (Fsp3) is 0.118. The van der Waals surface area contributed by atoms with Gasteiger partial charge in [-0.1, -0.05) is 11.6 Å². The van der Waals surface area contributed by atoms with Gasteiger partial charge in [0.15, 0.2) is 11.5 Å². The van der Waals surface area contributed by atoms with Crippen molar-refractivity contribution in [3.8, 4) is 11.5 Å². The van der Waals surface area contributed by atoms with E-state index in [2.05, 4.69) is 15.8 Å². The molecule has 0 aliphatic carbocycles. The Morgan fingerprint density at radius 3 is 2.46 bits per heavy atom. The summed E-state index contributed by atoms with van der Waals surface area (Å²) in [5.41, 5.74) is 2.29. The van der Waals surface area contributed by atoms with Crippen LogP contribution in [0.4, 0.5) is 11.4 Å². The molecule has 0 saturated carbocycles. The molecule has 0 aliphatic heterocycles. The predicted octanol–water partition coefficient (Wildman–Crippen LogP) is 2.35. The first-order valence-corrected chi connectivity index (χ1v) is 8.04. The molecule has 2 amide bonds. The summed E-state index contributed by atoms with van der Waals surface area (Å²) in [5, 5.41) is 16.7. The van der Waals surface area contributed by atoms with E-state index in [1.54, 1.807) is 18.2 Å². The summed E-state index contributed by atoms with van der Waals surface area (Å²) in [7, 11) is 2.98. The predicted molar refractivity (Wildman–Crippen MR) is 102 cm³/mol.